The molecule has 3 heteroatoms. The quantitative estimate of drug-likeness (QED) is 0.712. The van der Waals surface area contributed by atoms with E-state index in [1.807, 2.05) is 13.8 Å². The van der Waals surface area contributed by atoms with Crippen molar-refractivity contribution in [1.29, 1.82) is 0 Å². The van der Waals surface area contributed by atoms with Crippen LogP contribution in [0.3, 0.4) is 0 Å². The maximum absolute atomic E-state index is 11.9. The number of Topliss-reactive ketones (excluding diaryl/α,β-unsaturated/α-hetero) is 1. The lowest BCUT2D eigenvalue weighted by Crippen LogP contribution is -2.40. The van der Waals surface area contributed by atoms with Crippen LogP contribution in [-0.4, -0.2) is 25.5 Å². The van der Waals surface area contributed by atoms with Gasteiger partial charge in [0.15, 0.2) is 0 Å². The summed E-state index contributed by atoms with van der Waals surface area (Å²) in [4.78, 5) is 11.9. The molecular formula is C10H19NO2. The summed E-state index contributed by atoms with van der Waals surface area (Å²) in [7, 11) is 0. The fourth-order valence-corrected chi connectivity index (χ4v) is 1.60. The van der Waals surface area contributed by atoms with E-state index in [-0.39, 0.29) is 17.1 Å². The summed E-state index contributed by atoms with van der Waals surface area (Å²) in [6, 6.07) is 0. The first kappa shape index (κ1) is 10.7. The number of hydrogen-bond acceptors (Lipinski definition) is 3. The largest absolute Gasteiger partial charge is 0.381 e. The first-order chi connectivity index (χ1) is 6.08. The van der Waals surface area contributed by atoms with Crippen molar-refractivity contribution in [1.82, 2.24) is 0 Å². The number of carbonyl (C=O) groups is 1. The second-order valence-corrected chi connectivity index (χ2v) is 4.37. The van der Waals surface area contributed by atoms with Crippen molar-refractivity contribution in [3.8, 4) is 0 Å². The summed E-state index contributed by atoms with van der Waals surface area (Å²) >= 11 is 0. The van der Waals surface area contributed by atoms with Crippen LogP contribution >= 0.6 is 0 Å². The highest BCUT2D eigenvalue weighted by Gasteiger charge is 2.33. The predicted octanol–water partition coefficient (Wildman–Crippen LogP) is 0.967. The third kappa shape index (κ3) is 2.51. The van der Waals surface area contributed by atoms with Gasteiger partial charge in [-0.3, -0.25) is 4.79 Å². The number of ether oxygens (including phenoxy) is 1. The molecule has 0 bridgehead atoms. The van der Waals surface area contributed by atoms with E-state index in [4.69, 9.17) is 10.5 Å². The van der Waals surface area contributed by atoms with Gasteiger partial charge >= 0.3 is 0 Å². The highest BCUT2D eigenvalue weighted by molar-refractivity contribution is 5.86. The average Bonchev–Trinajstić information content (AvgIpc) is 2.18. The molecule has 1 rings (SSSR count). The van der Waals surface area contributed by atoms with Gasteiger partial charge in [0, 0.05) is 24.5 Å². The molecule has 3 nitrogen and oxygen atoms in total. The molecule has 2 N–H and O–H groups in total. The van der Waals surface area contributed by atoms with Gasteiger partial charge in [-0.15, -0.1) is 0 Å². The molecule has 1 aliphatic heterocycles. The molecule has 76 valence electrons. The summed E-state index contributed by atoms with van der Waals surface area (Å²) in [6.07, 6.45) is 1.96. The van der Waals surface area contributed by atoms with Gasteiger partial charge in [0.1, 0.15) is 5.78 Å². The molecule has 1 atom stereocenters. The van der Waals surface area contributed by atoms with Crippen molar-refractivity contribution >= 4 is 5.78 Å². The van der Waals surface area contributed by atoms with Gasteiger partial charge in [-0.1, -0.05) is 13.8 Å². The molecule has 0 spiro atoms. The molecule has 0 aromatic carbocycles. The van der Waals surface area contributed by atoms with Crippen LogP contribution in [0.5, 0.6) is 0 Å². The van der Waals surface area contributed by atoms with Gasteiger partial charge < -0.3 is 10.5 Å². The molecule has 0 saturated carbocycles. The van der Waals surface area contributed by atoms with Crippen LogP contribution in [0, 0.1) is 11.3 Å². The second-order valence-electron chi connectivity index (χ2n) is 4.37. The molecule has 1 unspecified atom stereocenters. The van der Waals surface area contributed by atoms with Crippen LogP contribution in [0.4, 0.5) is 0 Å². The molecule has 0 radical (unpaired) electrons. The first-order valence-corrected chi connectivity index (χ1v) is 4.90. The topological polar surface area (TPSA) is 52.3 Å². The standard InChI is InChI=1S/C10H19NO2/c1-10(2,7-11)9(12)8-4-3-5-13-6-8/h8H,3-7,11H2,1-2H3. The molecule has 0 aromatic rings. The lowest BCUT2D eigenvalue weighted by molar-refractivity contribution is -0.134. The monoisotopic (exact) mass is 185 g/mol. The normalized spacial score (nSPS) is 24.4. The van der Waals surface area contributed by atoms with Gasteiger partial charge in [0.2, 0.25) is 0 Å². The van der Waals surface area contributed by atoms with E-state index in [0.29, 0.717) is 13.2 Å². The average molecular weight is 185 g/mol. The number of ketones is 1. The van der Waals surface area contributed by atoms with Gasteiger partial charge in [0.05, 0.1) is 6.61 Å². The van der Waals surface area contributed by atoms with Gasteiger partial charge in [-0.2, -0.15) is 0 Å². The number of hydrogen-bond donors (Lipinski definition) is 1. The Balaban J connectivity index is 2.55. The van der Waals surface area contributed by atoms with Crippen molar-refractivity contribution in [3.63, 3.8) is 0 Å². The lowest BCUT2D eigenvalue weighted by Gasteiger charge is -2.29. The fraction of sp³-hybridized carbons (Fsp3) is 0.900. The molecular weight excluding hydrogens is 166 g/mol. The number of nitrogens with two attached hydrogens (primary N) is 1. The summed E-state index contributed by atoms with van der Waals surface area (Å²) in [5.41, 5.74) is 5.17. The minimum Gasteiger partial charge on any atom is -0.381 e. The second kappa shape index (κ2) is 4.20. The molecule has 1 fully saturated rings. The van der Waals surface area contributed by atoms with Gasteiger partial charge in [0.25, 0.3) is 0 Å². The zero-order chi connectivity index (χ0) is 9.90. The maximum atomic E-state index is 11.9. The van der Waals surface area contributed by atoms with E-state index < -0.39 is 0 Å². The number of carbonyl (C=O) groups excluding carboxylic acids is 1. The van der Waals surface area contributed by atoms with Crippen molar-refractivity contribution in [2.75, 3.05) is 19.8 Å². The SMILES string of the molecule is CC(C)(CN)C(=O)C1CCCOC1. The molecule has 13 heavy (non-hydrogen) atoms. The van der Waals surface area contributed by atoms with Gasteiger partial charge in [-0.25, -0.2) is 0 Å². The fourth-order valence-electron chi connectivity index (χ4n) is 1.60. The summed E-state index contributed by atoms with van der Waals surface area (Å²) in [5.74, 6) is 0.335. The van der Waals surface area contributed by atoms with E-state index in [9.17, 15) is 4.79 Å². The molecule has 0 aromatic heterocycles. The van der Waals surface area contributed by atoms with Crippen LogP contribution in [-0.2, 0) is 9.53 Å². The highest BCUT2D eigenvalue weighted by Crippen LogP contribution is 2.25. The van der Waals surface area contributed by atoms with Crippen LogP contribution < -0.4 is 5.73 Å². The smallest absolute Gasteiger partial charge is 0.145 e. The Morgan fingerprint density at radius 1 is 1.62 bits per heavy atom. The minimum absolute atomic E-state index is 0.0762. The first-order valence-electron chi connectivity index (χ1n) is 4.90. The van der Waals surface area contributed by atoms with Crippen molar-refractivity contribution in [3.05, 3.63) is 0 Å². The minimum atomic E-state index is -0.384. The third-order valence-electron chi connectivity index (χ3n) is 2.71. The van der Waals surface area contributed by atoms with Crippen molar-refractivity contribution in [2.45, 2.75) is 26.7 Å². The van der Waals surface area contributed by atoms with E-state index >= 15 is 0 Å². The molecule has 0 amide bonds. The summed E-state index contributed by atoms with van der Waals surface area (Å²) in [6.45, 7) is 5.62. The van der Waals surface area contributed by atoms with E-state index in [0.717, 1.165) is 19.4 Å². The summed E-state index contributed by atoms with van der Waals surface area (Å²) in [5, 5.41) is 0. The Hall–Kier alpha value is -0.410. The van der Waals surface area contributed by atoms with E-state index in [1.54, 1.807) is 0 Å². The zero-order valence-corrected chi connectivity index (χ0v) is 8.51. The predicted molar refractivity (Wildman–Crippen MR) is 51.4 cm³/mol. The van der Waals surface area contributed by atoms with Crippen molar-refractivity contribution < 1.29 is 9.53 Å². The Morgan fingerprint density at radius 2 is 2.31 bits per heavy atom. The Labute approximate surface area is 79.6 Å². The zero-order valence-electron chi connectivity index (χ0n) is 8.51. The van der Waals surface area contributed by atoms with Crippen LogP contribution in [0.25, 0.3) is 0 Å². The lowest BCUT2D eigenvalue weighted by atomic mass is 9.79. The third-order valence-corrected chi connectivity index (χ3v) is 2.71. The maximum Gasteiger partial charge on any atom is 0.145 e. The Kier molecular flexibility index (Phi) is 3.45. The van der Waals surface area contributed by atoms with Crippen LogP contribution in [0.15, 0.2) is 0 Å². The van der Waals surface area contributed by atoms with Crippen LogP contribution in [0.1, 0.15) is 26.7 Å². The molecule has 1 heterocycles. The Bertz CT molecular complexity index is 183. The summed E-state index contributed by atoms with van der Waals surface area (Å²) < 4.78 is 5.28. The van der Waals surface area contributed by atoms with Crippen molar-refractivity contribution in [2.24, 2.45) is 17.1 Å². The molecule has 1 aliphatic rings. The molecule has 1 saturated heterocycles. The van der Waals surface area contributed by atoms with E-state index in [1.165, 1.54) is 0 Å². The van der Waals surface area contributed by atoms with Crippen LogP contribution in [0.2, 0.25) is 0 Å². The number of rotatable bonds is 3. The van der Waals surface area contributed by atoms with Gasteiger partial charge in [-0.05, 0) is 12.8 Å². The Morgan fingerprint density at radius 3 is 2.77 bits per heavy atom. The van der Waals surface area contributed by atoms with E-state index in [2.05, 4.69) is 0 Å². The molecule has 0 aliphatic carbocycles. The highest BCUT2D eigenvalue weighted by atomic mass is 16.5.